The van der Waals surface area contributed by atoms with E-state index in [-0.39, 0.29) is 11.8 Å². The number of carbonyl (C=O) groups excluding carboxylic acids is 1. The largest absolute Gasteiger partial charge is 0.325 e. The third-order valence-corrected chi connectivity index (χ3v) is 7.10. The number of nitrogens with zero attached hydrogens (tertiary/aromatic N) is 1. The highest BCUT2D eigenvalue weighted by atomic mass is 16.2. The summed E-state index contributed by atoms with van der Waals surface area (Å²) in [5.41, 5.74) is 4.06. The first kappa shape index (κ1) is 20.0. The van der Waals surface area contributed by atoms with Gasteiger partial charge in [-0.15, -0.1) is 0 Å². The molecule has 1 saturated heterocycles. The second-order valence-electron chi connectivity index (χ2n) is 8.90. The Hall–Kier alpha value is -2.91. The van der Waals surface area contributed by atoms with Gasteiger partial charge in [-0.05, 0) is 67.4 Å². The number of para-hydroxylation sites is 1. The molecule has 2 atom stereocenters. The molecule has 2 aliphatic heterocycles. The SMILES string of the molecule is O=C1Nc2ccccc2C1(c1ccccc1)[C@@H]1CCN(CCCCc2ccccc2)C1. The number of aryl methyl sites for hydroxylation is 1. The number of fused-ring (bicyclic) bond motifs is 1. The lowest BCUT2D eigenvalue weighted by Gasteiger charge is -2.34. The topological polar surface area (TPSA) is 32.3 Å². The van der Waals surface area contributed by atoms with Gasteiger partial charge in [-0.3, -0.25) is 4.79 Å². The summed E-state index contributed by atoms with van der Waals surface area (Å²) in [5.74, 6) is 0.420. The van der Waals surface area contributed by atoms with E-state index in [0.29, 0.717) is 0 Å². The van der Waals surface area contributed by atoms with Crippen molar-refractivity contribution >= 4 is 11.6 Å². The first-order valence-electron chi connectivity index (χ1n) is 11.5. The van der Waals surface area contributed by atoms with Crippen molar-refractivity contribution in [1.29, 1.82) is 0 Å². The van der Waals surface area contributed by atoms with E-state index in [1.807, 2.05) is 18.2 Å². The van der Waals surface area contributed by atoms with Gasteiger partial charge in [0.15, 0.2) is 0 Å². The molecule has 3 heteroatoms. The van der Waals surface area contributed by atoms with E-state index < -0.39 is 5.41 Å². The molecule has 1 N–H and O–H groups in total. The smallest absolute Gasteiger partial charge is 0.239 e. The number of benzene rings is 3. The number of anilines is 1. The number of hydrogen-bond acceptors (Lipinski definition) is 2. The van der Waals surface area contributed by atoms with Gasteiger partial charge in [0, 0.05) is 12.2 Å². The summed E-state index contributed by atoms with van der Waals surface area (Å²) in [4.78, 5) is 16.1. The van der Waals surface area contributed by atoms with Crippen molar-refractivity contribution < 1.29 is 4.79 Å². The minimum atomic E-state index is -0.587. The average molecular weight is 411 g/mol. The molecule has 1 amide bonds. The van der Waals surface area contributed by atoms with Crippen LogP contribution >= 0.6 is 0 Å². The number of likely N-dealkylation sites (tertiary alicyclic amines) is 1. The van der Waals surface area contributed by atoms with Crippen molar-refractivity contribution in [3.05, 3.63) is 102 Å². The summed E-state index contributed by atoms with van der Waals surface area (Å²) in [5, 5.41) is 3.19. The van der Waals surface area contributed by atoms with E-state index in [1.165, 1.54) is 18.4 Å². The van der Waals surface area contributed by atoms with Crippen molar-refractivity contribution in [2.24, 2.45) is 5.92 Å². The van der Waals surface area contributed by atoms with Gasteiger partial charge < -0.3 is 10.2 Å². The number of carbonyl (C=O) groups is 1. The highest BCUT2D eigenvalue weighted by Crippen LogP contribution is 2.50. The highest BCUT2D eigenvalue weighted by Gasteiger charge is 2.54. The fraction of sp³-hybridized carbons (Fsp3) is 0.321. The lowest BCUT2D eigenvalue weighted by molar-refractivity contribution is -0.121. The Morgan fingerprint density at radius 1 is 0.871 bits per heavy atom. The number of rotatable bonds is 7. The lowest BCUT2D eigenvalue weighted by Crippen LogP contribution is -2.44. The molecule has 0 spiro atoms. The molecule has 0 bridgehead atoms. The highest BCUT2D eigenvalue weighted by molar-refractivity contribution is 6.09. The maximum Gasteiger partial charge on any atom is 0.239 e. The zero-order chi connectivity index (χ0) is 21.1. The minimum Gasteiger partial charge on any atom is -0.325 e. The Morgan fingerprint density at radius 3 is 2.39 bits per heavy atom. The van der Waals surface area contributed by atoms with E-state index in [0.717, 1.165) is 49.3 Å². The van der Waals surface area contributed by atoms with Gasteiger partial charge in [0.05, 0.1) is 0 Å². The molecule has 31 heavy (non-hydrogen) atoms. The van der Waals surface area contributed by atoms with Gasteiger partial charge in [-0.25, -0.2) is 0 Å². The zero-order valence-corrected chi connectivity index (χ0v) is 18.0. The van der Waals surface area contributed by atoms with Crippen molar-refractivity contribution in [2.45, 2.75) is 31.1 Å². The fourth-order valence-electron chi connectivity index (χ4n) is 5.61. The molecule has 2 heterocycles. The standard InChI is InChI=1S/C28H30N2O/c31-27-28(23-14-5-2-6-15-23,25-16-7-8-17-26(25)29-27)24-18-20-30(21-24)19-10-9-13-22-11-3-1-4-12-22/h1-8,11-12,14-17,24H,9-10,13,18-21H2,(H,29,31)/t24-,28?/m1/s1. The van der Waals surface area contributed by atoms with Crippen LogP contribution in [0.3, 0.4) is 0 Å². The van der Waals surface area contributed by atoms with Crippen LogP contribution in [-0.2, 0) is 16.6 Å². The van der Waals surface area contributed by atoms with Crippen LogP contribution in [0.2, 0.25) is 0 Å². The van der Waals surface area contributed by atoms with Crippen LogP contribution in [0.5, 0.6) is 0 Å². The van der Waals surface area contributed by atoms with E-state index >= 15 is 0 Å². The minimum absolute atomic E-state index is 0.135. The Balaban J connectivity index is 1.32. The molecule has 3 aromatic carbocycles. The van der Waals surface area contributed by atoms with Crippen LogP contribution in [-0.4, -0.2) is 30.4 Å². The molecule has 0 aliphatic carbocycles. The lowest BCUT2D eigenvalue weighted by atomic mass is 9.66. The zero-order valence-electron chi connectivity index (χ0n) is 18.0. The molecule has 0 saturated carbocycles. The van der Waals surface area contributed by atoms with Crippen LogP contribution in [0.1, 0.15) is 36.0 Å². The summed E-state index contributed by atoms with van der Waals surface area (Å²) >= 11 is 0. The molecule has 1 fully saturated rings. The van der Waals surface area contributed by atoms with Crippen molar-refractivity contribution in [2.75, 3.05) is 25.0 Å². The van der Waals surface area contributed by atoms with Gasteiger partial charge in [0.1, 0.15) is 5.41 Å². The van der Waals surface area contributed by atoms with Gasteiger partial charge in [-0.1, -0.05) is 78.9 Å². The van der Waals surface area contributed by atoms with Crippen molar-refractivity contribution in [3.63, 3.8) is 0 Å². The maximum absolute atomic E-state index is 13.5. The molecule has 2 aliphatic rings. The van der Waals surface area contributed by atoms with Crippen molar-refractivity contribution in [3.8, 4) is 0 Å². The average Bonchev–Trinajstić information content (AvgIpc) is 3.40. The van der Waals surface area contributed by atoms with Crippen molar-refractivity contribution in [1.82, 2.24) is 4.90 Å². The summed E-state index contributed by atoms with van der Waals surface area (Å²) in [6, 6.07) is 29.4. The maximum atomic E-state index is 13.5. The van der Waals surface area contributed by atoms with Crippen LogP contribution in [0.25, 0.3) is 0 Å². The molecule has 5 rings (SSSR count). The Morgan fingerprint density at radius 2 is 1.58 bits per heavy atom. The third-order valence-electron chi connectivity index (χ3n) is 7.10. The van der Waals surface area contributed by atoms with Crippen LogP contribution in [0.4, 0.5) is 5.69 Å². The summed E-state index contributed by atoms with van der Waals surface area (Å²) in [6.07, 6.45) is 4.60. The molecular weight excluding hydrogens is 380 g/mol. The molecule has 158 valence electrons. The Labute approximate surface area is 185 Å². The number of amides is 1. The third kappa shape index (κ3) is 3.68. The van der Waals surface area contributed by atoms with E-state index in [4.69, 9.17) is 0 Å². The van der Waals surface area contributed by atoms with E-state index in [2.05, 4.69) is 76.9 Å². The van der Waals surface area contributed by atoms with E-state index in [9.17, 15) is 4.79 Å². The normalized spacial score (nSPS) is 23.0. The molecule has 0 radical (unpaired) electrons. The summed E-state index contributed by atoms with van der Waals surface area (Å²) < 4.78 is 0. The predicted octanol–water partition coefficient (Wildman–Crippen LogP) is 5.27. The molecular formula is C28H30N2O. The Kier molecular flexibility index (Phi) is 5.61. The van der Waals surface area contributed by atoms with Gasteiger partial charge in [-0.2, -0.15) is 0 Å². The molecule has 3 nitrogen and oxygen atoms in total. The van der Waals surface area contributed by atoms with Gasteiger partial charge in [0.25, 0.3) is 0 Å². The Bertz CT molecular complexity index is 1030. The monoisotopic (exact) mass is 410 g/mol. The second kappa shape index (κ2) is 8.68. The van der Waals surface area contributed by atoms with Gasteiger partial charge in [0.2, 0.25) is 5.91 Å². The number of unbranched alkanes of at least 4 members (excludes halogenated alkanes) is 1. The van der Waals surface area contributed by atoms with Crippen LogP contribution in [0.15, 0.2) is 84.9 Å². The van der Waals surface area contributed by atoms with Crippen LogP contribution in [0, 0.1) is 5.92 Å². The van der Waals surface area contributed by atoms with E-state index in [1.54, 1.807) is 0 Å². The summed E-state index contributed by atoms with van der Waals surface area (Å²) in [7, 11) is 0. The first-order valence-corrected chi connectivity index (χ1v) is 11.5. The second-order valence-corrected chi connectivity index (χ2v) is 8.90. The van der Waals surface area contributed by atoms with Crippen LogP contribution < -0.4 is 5.32 Å². The molecule has 3 aromatic rings. The molecule has 0 aromatic heterocycles. The summed E-state index contributed by atoms with van der Waals surface area (Å²) in [6.45, 7) is 3.15. The molecule has 1 unspecified atom stereocenters. The number of nitrogens with one attached hydrogen (secondary N) is 1. The first-order chi connectivity index (χ1) is 15.3. The van der Waals surface area contributed by atoms with Gasteiger partial charge >= 0.3 is 0 Å². The number of hydrogen-bond donors (Lipinski definition) is 1. The quantitative estimate of drug-likeness (QED) is 0.538. The predicted molar refractivity (Wildman–Crippen MR) is 126 cm³/mol. The fourth-order valence-corrected chi connectivity index (χ4v) is 5.61.